The van der Waals surface area contributed by atoms with E-state index in [1.165, 1.54) is 0 Å². The Labute approximate surface area is 133 Å². The Morgan fingerprint density at radius 3 is 2.71 bits per heavy atom. The second-order valence-electron chi connectivity index (χ2n) is 5.81. The SMILES string of the molecule is Cc1c(N)cc(Br)cc1S(=O)(=O)NC1CCOC1C1CC1. The molecule has 2 atom stereocenters. The minimum Gasteiger partial charge on any atom is -0.398 e. The van der Waals surface area contributed by atoms with Crippen LogP contribution in [0.25, 0.3) is 0 Å². The van der Waals surface area contributed by atoms with Crippen molar-refractivity contribution in [2.75, 3.05) is 12.3 Å². The van der Waals surface area contributed by atoms with Gasteiger partial charge in [0, 0.05) is 16.8 Å². The Hall–Kier alpha value is -0.630. The lowest BCUT2D eigenvalue weighted by Crippen LogP contribution is -2.41. The van der Waals surface area contributed by atoms with Gasteiger partial charge >= 0.3 is 0 Å². The number of halogens is 1. The summed E-state index contributed by atoms with van der Waals surface area (Å²) in [7, 11) is -3.60. The van der Waals surface area contributed by atoms with Crippen LogP contribution in [0, 0.1) is 12.8 Å². The molecule has 1 saturated heterocycles. The number of nitrogen functional groups attached to an aromatic ring is 1. The average molecular weight is 375 g/mol. The zero-order valence-electron chi connectivity index (χ0n) is 11.8. The third-order valence-corrected chi connectivity index (χ3v) is 6.26. The van der Waals surface area contributed by atoms with Crippen molar-refractivity contribution >= 4 is 31.6 Å². The number of ether oxygens (including phenoxy) is 1. The van der Waals surface area contributed by atoms with Gasteiger partial charge in [0.15, 0.2) is 0 Å². The van der Waals surface area contributed by atoms with Gasteiger partial charge in [0.2, 0.25) is 10.0 Å². The predicted octanol–water partition coefficient (Wildman–Crippen LogP) is 2.19. The van der Waals surface area contributed by atoms with Crippen LogP contribution in [0.1, 0.15) is 24.8 Å². The van der Waals surface area contributed by atoms with Crippen molar-refractivity contribution in [2.24, 2.45) is 5.92 Å². The summed E-state index contributed by atoms with van der Waals surface area (Å²) in [5.41, 5.74) is 6.91. The summed E-state index contributed by atoms with van der Waals surface area (Å²) in [6.45, 7) is 2.34. The van der Waals surface area contributed by atoms with E-state index < -0.39 is 10.0 Å². The maximum absolute atomic E-state index is 12.7. The van der Waals surface area contributed by atoms with Crippen LogP contribution >= 0.6 is 15.9 Å². The molecular formula is C14H19BrN2O3S. The summed E-state index contributed by atoms with van der Waals surface area (Å²) in [5.74, 6) is 0.508. The molecule has 3 rings (SSSR count). The van der Waals surface area contributed by atoms with Crippen molar-refractivity contribution in [2.45, 2.75) is 43.2 Å². The molecule has 5 nitrogen and oxygen atoms in total. The number of nitrogens with one attached hydrogen (secondary N) is 1. The largest absolute Gasteiger partial charge is 0.398 e. The van der Waals surface area contributed by atoms with E-state index in [4.69, 9.17) is 10.5 Å². The molecule has 2 aliphatic rings. The Bertz CT molecular complexity index is 658. The minimum atomic E-state index is -3.60. The molecule has 1 aliphatic heterocycles. The van der Waals surface area contributed by atoms with Gasteiger partial charge in [-0.25, -0.2) is 13.1 Å². The molecule has 2 fully saturated rings. The minimum absolute atomic E-state index is 0.0181. The first-order chi connectivity index (χ1) is 9.88. The first-order valence-electron chi connectivity index (χ1n) is 7.08. The summed E-state index contributed by atoms with van der Waals surface area (Å²) in [6.07, 6.45) is 3.00. The summed E-state index contributed by atoms with van der Waals surface area (Å²) in [6, 6.07) is 3.16. The van der Waals surface area contributed by atoms with Crippen LogP contribution in [0.4, 0.5) is 5.69 Å². The van der Waals surface area contributed by atoms with Gasteiger partial charge in [-0.15, -0.1) is 0 Å². The van der Waals surface area contributed by atoms with Gasteiger partial charge in [0.05, 0.1) is 17.0 Å². The van der Waals surface area contributed by atoms with E-state index in [-0.39, 0.29) is 17.0 Å². The molecule has 21 heavy (non-hydrogen) atoms. The maximum atomic E-state index is 12.7. The van der Waals surface area contributed by atoms with E-state index in [0.717, 1.165) is 19.3 Å². The number of rotatable bonds is 4. The zero-order valence-corrected chi connectivity index (χ0v) is 14.2. The van der Waals surface area contributed by atoms with Crippen LogP contribution in [0.15, 0.2) is 21.5 Å². The van der Waals surface area contributed by atoms with E-state index in [1.54, 1.807) is 19.1 Å². The van der Waals surface area contributed by atoms with Gasteiger partial charge in [-0.1, -0.05) is 15.9 Å². The van der Waals surface area contributed by atoms with Crippen LogP contribution < -0.4 is 10.5 Å². The van der Waals surface area contributed by atoms with Crippen molar-refractivity contribution < 1.29 is 13.2 Å². The van der Waals surface area contributed by atoms with Gasteiger partial charge in [-0.2, -0.15) is 0 Å². The summed E-state index contributed by atoms with van der Waals surface area (Å²) < 4.78 is 34.5. The molecule has 0 spiro atoms. The number of anilines is 1. The summed E-state index contributed by atoms with van der Waals surface area (Å²) in [5, 5.41) is 0. The zero-order chi connectivity index (χ0) is 15.2. The normalized spacial score (nSPS) is 26.2. The van der Waals surface area contributed by atoms with Gasteiger partial charge < -0.3 is 10.5 Å². The van der Waals surface area contributed by atoms with Crippen molar-refractivity contribution in [1.82, 2.24) is 4.72 Å². The lowest BCUT2D eigenvalue weighted by atomic mass is 10.1. The van der Waals surface area contributed by atoms with E-state index in [2.05, 4.69) is 20.7 Å². The standard InChI is InChI=1S/C14H19BrN2O3S/c1-8-11(16)6-10(15)7-13(8)21(18,19)17-12-4-5-20-14(12)9-2-3-9/h6-7,9,12,14,17H,2-5,16H2,1H3. The molecule has 1 heterocycles. The molecule has 0 aromatic heterocycles. The fourth-order valence-electron chi connectivity index (χ4n) is 2.84. The number of hydrogen-bond donors (Lipinski definition) is 2. The molecule has 1 aromatic rings. The van der Waals surface area contributed by atoms with Crippen LogP contribution in [0.2, 0.25) is 0 Å². The summed E-state index contributed by atoms with van der Waals surface area (Å²) >= 11 is 3.30. The highest BCUT2D eigenvalue weighted by molar-refractivity contribution is 9.10. The van der Waals surface area contributed by atoms with Crippen molar-refractivity contribution in [1.29, 1.82) is 0 Å². The molecule has 2 unspecified atom stereocenters. The topological polar surface area (TPSA) is 81.4 Å². The van der Waals surface area contributed by atoms with E-state index in [1.807, 2.05) is 0 Å². The smallest absolute Gasteiger partial charge is 0.241 e. The average Bonchev–Trinajstić information content (AvgIpc) is 3.14. The number of nitrogens with two attached hydrogens (primary N) is 1. The lowest BCUT2D eigenvalue weighted by Gasteiger charge is -2.20. The predicted molar refractivity (Wildman–Crippen MR) is 84.5 cm³/mol. The van der Waals surface area contributed by atoms with Crippen molar-refractivity contribution in [3.8, 4) is 0 Å². The molecular weight excluding hydrogens is 356 g/mol. The number of benzene rings is 1. The molecule has 1 aliphatic carbocycles. The monoisotopic (exact) mass is 374 g/mol. The van der Waals surface area contributed by atoms with Gasteiger partial charge in [0.1, 0.15) is 0 Å². The first-order valence-corrected chi connectivity index (χ1v) is 9.35. The molecule has 1 saturated carbocycles. The molecule has 7 heteroatoms. The number of hydrogen-bond acceptors (Lipinski definition) is 4. The molecule has 0 radical (unpaired) electrons. The van der Waals surface area contributed by atoms with Crippen LogP contribution in [-0.2, 0) is 14.8 Å². The third kappa shape index (κ3) is 3.11. The molecule has 3 N–H and O–H groups in total. The van der Waals surface area contributed by atoms with Gasteiger partial charge in [-0.05, 0) is 49.8 Å². The fraction of sp³-hybridized carbons (Fsp3) is 0.571. The highest BCUT2D eigenvalue weighted by Crippen LogP contribution is 2.39. The fourth-order valence-corrected chi connectivity index (χ4v) is 5.05. The molecule has 116 valence electrons. The van der Waals surface area contributed by atoms with E-state index in [0.29, 0.717) is 28.2 Å². The highest BCUT2D eigenvalue weighted by atomic mass is 79.9. The van der Waals surface area contributed by atoms with Gasteiger partial charge in [0.25, 0.3) is 0 Å². The second kappa shape index (κ2) is 5.53. The van der Waals surface area contributed by atoms with Crippen LogP contribution in [0.5, 0.6) is 0 Å². The van der Waals surface area contributed by atoms with E-state index >= 15 is 0 Å². The highest BCUT2D eigenvalue weighted by Gasteiger charge is 2.42. The first kappa shape index (κ1) is 15.3. The molecule has 0 amide bonds. The quantitative estimate of drug-likeness (QED) is 0.791. The van der Waals surface area contributed by atoms with Crippen LogP contribution in [-0.4, -0.2) is 27.2 Å². The van der Waals surface area contributed by atoms with Crippen LogP contribution in [0.3, 0.4) is 0 Å². The van der Waals surface area contributed by atoms with Crippen molar-refractivity contribution in [3.63, 3.8) is 0 Å². The number of sulfonamides is 1. The molecule has 0 bridgehead atoms. The van der Waals surface area contributed by atoms with Gasteiger partial charge in [-0.3, -0.25) is 0 Å². The lowest BCUT2D eigenvalue weighted by molar-refractivity contribution is 0.0848. The second-order valence-corrected chi connectivity index (χ2v) is 8.41. The Kier molecular flexibility index (Phi) is 4.02. The van der Waals surface area contributed by atoms with Crippen molar-refractivity contribution in [3.05, 3.63) is 22.2 Å². The Morgan fingerprint density at radius 1 is 1.33 bits per heavy atom. The van der Waals surface area contributed by atoms with E-state index in [9.17, 15) is 8.42 Å². The Morgan fingerprint density at radius 2 is 2.05 bits per heavy atom. The third-order valence-electron chi connectivity index (χ3n) is 4.18. The maximum Gasteiger partial charge on any atom is 0.241 e. The summed E-state index contributed by atoms with van der Waals surface area (Å²) in [4.78, 5) is 0.232. The Balaban J connectivity index is 1.87. The molecule has 1 aromatic carbocycles.